The average Bonchev–Trinajstić information content (AvgIpc) is 2.90. The van der Waals surface area contributed by atoms with E-state index < -0.39 is 0 Å². The Hall–Kier alpha value is -1.20. The van der Waals surface area contributed by atoms with Gasteiger partial charge in [-0.05, 0) is 37.1 Å². The monoisotopic (exact) mass is 327 g/mol. The number of amides is 1. The van der Waals surface area contributed by atoms with Crippen molar-refractivity contribution in [3.8, 4) is 0 Å². The van der Waals surface area contributed by atoms with Crippen molar-refractivity contribution in [2.45, 2.75) is 18.9 Å². The molecule has 3 nitrogen and oxygen atoms in total. The van der Waals surface area contributed by atoms with E-state index in [-0.39, 0.29) is 17.8 Å². The van der Waals surface area contributed by atoms with Crippen LogP contribution >= 0.6 is 15.9 Å². The second-order valence-electron chi connectivity index (χ2n) is 4.38. The number of hydrogen-bond donors (Lipinski definition) is 1. The molecule has 5 heteroatoms. The summed E-state index contributed by atoms with van der Waals surface area (Å²) < 4.78 is 19.6. The fourth-order valence-electron chi connectivity index (χ4n) is 1.89. The van der Waals surface area contributed by atoms with Crippen LogP contribution in [0.4, 0.5) is 4.39 Å². The Balaban J connectivity index is 1.86. The van der Waals surface area contributed by atoms with Crippen molar-refractivity contribution in [1.29, 1.82) is 0 Å². The average molecular weight is 328 g/mol. The predicted molar refractivity (Wildman–Crippen MR) is 75.1 cm³/mol. The Labute approximate surface area is 120 Å². The van der Waals surface area contributed by atoms with Gasteiger partial charge in [0.05, 0.1) is 6.10 Å². The van der Waals surface area contributed by atoms with Crippen LogP contribution in [-0.4, -0.2) is 25.2 Å². The van der Waals surface area contributed by atoms with Crippen LogP contribution in [0.2, 0.25) is 0 Å². The molecule has 102 valence electrons. The zero-order valence-electron chi connectivity index (χ0n) is 10.4. The van der Waals surface area contributed by atoms with Crippen molar-refractivity contribution < 1.29 is 13.9 Å². The molecule has 1 atom stereocenters. The fraction of sp³-hybridized carbons (Fsp3) is 0.357. The molecule has 0 aromatic heterocycles. The summed E-state index contributed by atoms with van der Waals surface area (Å²) in [6.45, 7) is 1.27. The summed E-state index contributed by atoms with van der Waals surface area (Å²) in [5, 5.41) is 2.74. The highest BCUT2D eigenvalue weighted by Gasteiger charge is 2.15. The van der Waals surface area contributed by atoms with Gasteiger partial charge in [-0.3, -0.25) is 4.79 Å². The molecule has 19 heavy (non-hydrogen) atoms. The van der Waals surface area contributed by atoms with Gasteiger partial charge in [-0.25, -0.2) is 4.39 Å². The standard InChI is InChI=1S/C14H15BrFNO2/c15-11-4-5-13(16)10(8-11)3-6-14(18)17-9-12-2-1-7-19-12/h3-6,8,12H,1-2,7,9H2,(H,17,18)/b6-3+/t12-/m0/s1. The minimum atomic E-state index is -0.355. The number of nitrogens with one attached hydrogen (secondary N) is 1. The number of ether oxygens (including phenoxy) is 1. The van der Waals surface area contributed by atoms with Gasteiger partial charge in [0, 0.05) is 29.3 Å². The minimum absolute atomic E-state index is 0.111. The second kappa shape index (κ2) is 6.82. The third-order valence-electron chi connectivity index (χ3n) is 2.90. The Morgan fingerprint density at radius 2 is 2.42 bits per heavy atom. The minimum Gasteiger partial charge on any atom is -0.376 e. The first-order valence-corrected chi connectivity index (χ1v) is 6.97. The third kappa shape index (κ3) is 4.44. The number of hydrogen-bond acceptors (Lipinski definition) is 2. The summed E-state index contributed by atoms with van der Waals surface area (Å²) in [6, 6.07) is 4.59. The van der Waals surface area contributed by atoms with Crippen molar-refractivity contribution in [2.75, 3.05) is 13.2 Å². The van der Waals surface area contributed by atoms with Crippen LogP contribution in [0.3, 0.4) is 0 Å². The summed E-state index contributed by atoms with van der Waals surface area (Å²) in [6.07, 6.45) is 4.93. The molecule has 0 spiro atoms. The van der Waals surface area contributed by atoms with Crippen LogP contribution in [-0.2, 0) is 9.53 Å². The van der Waals surface area contributed by atoms with Gasteiger partial charge in [-0.1, -0.05) is 15.9 Å². The van der Waals surface area contributed by atoms with Crippen LogP contribution in [0, 0.1) is 5.82 Å². The lowest BCUT2D eigenvalue weighted by Crippen LogP contribution is -2.30. The highest BCUT2D eigenvalue weighted by atomic mass is 79.9. The summed E-state index contributed by atoms with van der Waals surface area (Å²) in [7, 11) is 0. The summed E-state index contributed by atoms with van der Waals surface area (Å²) in [4.78, 5) is 11.6. The molecule has 1 aliphatic rings. The zero-order chi connectivity index (χ0) is 13.7. The van der Waals surface area contributed by atoms with E-state index in [1.165, 1.54) is 18.2 Å². The van der Waals surface area contributed by atoms with Crippen molar-refractivity contribution in [1.82, 2.24) is 5.32 Å². The largest absolute Gasteiger partial charge is 0.376 e. The normalized spacial score (nSPS) is 18.9. The number of rotatable bonds is 4. The number of benzene rings is 1. The van der Waals surface area contributed by atoms with Crippen LogP contribution in [0.25, 0.3) is 6.08 Å². The first-order valence-electron chi connectivity index (χ1n) is 6.18. The van der Waals surface area contributed by atoms with Crippen molar-refractivity contribution >= 4 is 27.9 Å². The van der Waals surface area contributed by atoms with Gasteiger partial charge in [0.15, 0.2) is 0 Å². The van der Waals surface area contributed by atoms with E-state index in [1.54, 1.807) is 12.1 Å². The summed E-state index contributed by atoms with van der Waals surface area (Å²) in [5.74, 6) is -0.596. The van der Waals surface area contributed by atoms with Crippen molar-refractivity contribution in [3.05, 3.63) is 40.1 Å². The topological polar surface area (TPSA) is 38.3 Å². The van der Waals surface area contributed by atoms with Gasteiger partial charge < -0.3 is 10.1 Å². The van der Waals surface area contributed by atoms with Gasteiger partial charge in [-0.15, -0.1) is 0 Å². The smallest absolute Gasteiger partial charge is 0.244 e. The quantitative estimate of drug-likeness (QED) is 0.863. The molecule has 1 aromatic rings. The first kappa shape index (κ1) is 14.2. The second-order valence-corrected chi connectivity index (χ2v) is 5.30. The van der Waals surface area contributed by atoms with E-state index in [9.17, 15) is 9.18 Å². The molecule has 1 N–H and O–H groups in total. The molecule has 1 heterocycles. The predicted octanol–water partition coefficient (Wildman–Crippen LogP) is 2.90. The Morgan fingerprint density at radius 3 is 3.16 bits per heavy atom. The van der Waals surface area contributed by atoms with Crippen molar-refractivity contribution in [3.63, 3.8) is 0 Å². The van der Waals surface area contributed by atoms with Gasteiger partial charge in [0.25, 0.3) is 0 Å². The number of carbonyl (C=O) groups excluding carboxylic acids is 1. The molecule has 0 radical (unpaired) electrons. The van der Waals surface area contributed by atoms with Crippen LogP contribution in [0.15, 0.2) is 28.7 Å². The van der Waals surface area contributed by atoms with E-state index in [4.69, 9.17) is 4.74 Å². The maximum absolute atomic E-state index is 13.4. The molecule has 1 saturated heterocycles. The van der Waals surface area contributed by atoms with E-state index in [1.807, 2.05) is 0 Å². The molecule has 1 aliphatic heterocycles. The van der Waals surface area contributed by atoms with E-state index in [0.717, 1.165) is 23.9 Å². The maximum atomic E-state index is 13.4. The van der Waals surface area contributed by atoms with Crippen molar-refractivity contribution in [2.24, 2.45) is 0 Å². The molecule has 0 saturated carbocycles. The van der Waals surface area contributed by atoms with E-state index in [0.29, 0.717) is 12.1 Å². The van der Waals surface area contributed by atoms with E-state index >= 15 is 0 Å². The van der Waals surface area contributed by atoms with Gasteiger partial charge in [-0.2, -0.15) is 0 Å². The lowest BCUT2D eigenvalue weighted by Gasteiger charge is -2.08. The lowest BCUT2D eigenvalue weighted by molar-refractivity contribution is -0.116. The molecule has 2 rings (SSSR count). The highest BCUT2D eigenvalue weighted by molar-refractivity contribution is 9.10. The summed E-state index contributed by atoms with van der Waals surface area (Å²) >= 11 is 3.26. The third-order valence-corrected chi connectivity index (χ3v) is 3.39. The highest BCUT2D eigenvalue weighted by Crippen LogP contribution is 2.16. The Kier molecular flexibility index (Phi) is 5.10. The number of carbonyl (C=O) groups is 1. The molecule has 0 bridgehead atoms. The van der Waals surface area contributed by atoms with Gasteiger partial charge in [0.1, 0.15) is 5.82 Å². The molecule has 0 aliphatic carbocycles. The first-order chi connectivity index (χ1) is 9.15. The Bertz CT molecular complexity index is 484. The molecular weight excluding hydrogens is 313 g/mol. The summed E-state index contributed by atoms with van der Waals surface area (Å²) in [5.41, 5.74) is 0.377. The molecule has 1 fully saturated rings. The maximum Gasteiger partial charge on any atom is 0.244 e. The van der Waals surface area contributed by atoms with Gasteiger partial charge in [0.2, 0.25) is 5.91 Å². The van der Waals surface area contributed by atoms with Crippen LogP contribution in [0.1, 0.15) is 18.4 Å². The Morgan fingerprint density at radius 1 is 1.58 bits per heavy atom. The fourth-order valence-corrected chi connectivity index (χ4v) is 2.27. The van der Waals surface area contributed by atoms with Gasteiger partial charge >= 0.3 is 0 Å². The molecule has 1 aromatic carbocycles. The molecule has 0 unspecified atom stereocenters. The van der Waals surface area contributed by atoms with E-state index in [2.05, 4.69) is 21.2 Å². The SMILES string of the molecule is O=C(/C=C/c1cc(Br)ccc1F)NC[C@@H]1CCCO1. The number of halogens is 2. The van der Waals surface area contributed by atoms with Crippen LogP contribution < -0.4 is 5.32 Å². The van der Waals surface area contributed by atoms with Crippen LogP contribution in [0.5, 0.6) is 0 Å². The lowest BCUT2D eigenvalue weighted by atomic mass is 10.2. The molecular formula is C14H15BrFNO2. The molecule has 1 amide bonds. The zero-order valence-corrected chi connectivity index (χ0v) is 12.0.